The van der Waals surface area contributed by atoms with Gasteiger partial charge in [-0.2, -0.15) is 5.26 Å². The van der Waals surface area contributed by atoms with Gasteiger partial charge in [0.15, 0.2) is 0 Å². The maximum absolute atomic E-state index is 9.16. The summed E-state index contributed by atoms with van der Waals surface area (Å²) >= 11 is 3.52. The van der Waals surface area contributed by atoms with Gasteiger partial charge in [0.1, 0.15) is 6.07 Å². The fourth-order valence-electron chi connectivity index (χ4n) is 1.93. The summed E-state index contributed by atoms with van der Waals surface area (Å²) in [6.07, 6.45) is 0. The van der Waals surface area contributed by atoms with E-state index in [0.717, 1.165) is 47.5 Å². The average molecular weight is 280 g/mol. The van der Waals surface area contributed by atoms with Crippen molar-refractivity contribution >= 4 is 21.6 Å². The molecular weight excluding hydrogens is 266 g/mol. The molecule has 1 aromatic carbocycles. The summed E-state index contributed by atoms with van der Waals surface area (Å²) in [4.78, 5) is 2.26. The summed E-state index contributed by atoms with van der Waals surface area (Å²) in [6, 6.07) is 6.28. The molecule has 0 amide bonds. The lowest BCUT2D eigenvalue weighted by atomic mass is 10.1. The molecule has 1 aliphatic heterocycles. The van der Waals surface area contributed by atoms with E-state index in [4.69, 9.17) is 5.26 Å². The van der Waals surface area contributed by atoms with Crippen LogP contribution in [0.2, 0.25) is 0 Å². The SMILES string of the molecule is Cc1cc(C#N)c(N2CCNCC2)cc1Br. The lowest BCUT2D eigenvalue weighted by Gasteiger charge is -2.30. The Labute approximate surface area is 104 Å². The summed E-state index contributed by atoms with van der Waals surface area (Å²) < 4.78 is 1.07. The molecule has 0 atom stereocenters. The molecule has 0 radical (unpaired) electrons. The number of rotatable bonds is 1. The molecule has 84 valence electrons. The molecule has 1 N–H and O–H groups in total. The molecule has 0 saturated carbocycles. The molecule has 1 heterocycles. The number of nitrogens with zero attached hydrogens (tertiary/aromatic N) is 2. The van der Waals surface area contributed by atoms with E-state index in [-0.39, 0.29) is 0 Å². The third-order valence-electron chi connectivity index (χ3n) is 2.86. The Bertz CT molecular complexity index is 431. The van der Waals surface area contributed by atoms with Crippen molar-refractivity contribution in [1.29, 1.82) is 5.26 Å². The number of benzene rings is 1. The summed E-state index contributed by atoms with van der Waals surface area (Å²) in [5.41, 5.74) is 2.92. The lowest BCUT2D eigenvalue weighted by molar-refractivity contribution is 0.589. The van der Waals surface area contributed by atoms with E-state index >= 15 is 0 Å². The monoisotopic (exact) mass is 279 g/mol. The molecule has 1 saturated heterocycles. The first kappa shape index (κ1) is 11.4. The first-order chi connectivity index (χ1) is 7.72. The van der Waals surface area contributed by atoms with E-state index < -0.39 is 0 Å². The Morgan fingerprint density at radius 1 is 1.38 bits per heavy atom. The summed E-state index contributed by atoms with van der Waals surface area (Å²) in [7, 11) is 0. The third-order valence-corrected chi connectivity index (χ3v) is 3.71. The van der Waals surface area contributed by atoms with Crippen LogP contribution in [0.3, 0.4) is 0 Å². The number of nitriles is 1. The van der Waals surface area contributed by atoms with E-state index in [1.807, 2.05) is 13.0 Å². The zero-order valence-corrected chi connectivity index (χ0v) is 10.8. The molecule has 2 rings (SSSR count). The molecule has 1 aromatic rings. The third kappa shape index (κ3) is 2.21. The second-order valence-corrected chi connectivity index (χ2v) is 4.82. The molecule has 1 aliphatic rings. The van der Waals surface area contributed by atoms with Crippen LogP contribution >= 0.6 is 15.9 Å². The molecule has 0 aromatic heterocycles. The van der Waals surface area contributed by atoms with Crippen LogP contribution in [-0.2, 0) is 0 Å². The molecular formula is C12H14BrN3. The van der Waals surface area contributed by atoms with Gasteiger partial charge in [0.05, 0.1) is 11.3 Å². The molecule has 0 spiro atoms. The standard InChI is InChI=1S/C12H14BrN3/c1-9-6-10(8-14)12(7-11(9)13)16-4-2-15-3-5-16/h6-7,15H,2-5H2,1H3. The minimum absolute atomic E-state index is 0.766. The van der Waals surface area contributed by atoms with Gasteiger partial charge in [0.2, 0.25) is 0 Å². The van der Waals surface area contributed by atoms with Gasteiger partial charge in [0, 0.05) is 30.7 Å². The first-order valence-corrected chi connectivity index (χ1v) is 6.17. The second kappa shape index (κ2) is 4.86. The van der Waals surface area contributed by atoms with Crippen molar-refractivity contribution in [3.63, 3.8) is 0 Å². The van der Waals surface area contributed by atoms with Crippen LogP contribution in [0.15, 0.2) is 16.6 Å². The lowest BCUT2D eigenvalue weighted by Crippen LogP contribution is -2.43. The average Bonchev–Trinajstić information content (AvgIpc) is 2.33. The Morgan fingerprint density at radius 3 is 2.69 bits per heavy atom. The maximum Gasteiger partial charge on any atom is 0.101 e. The molecule has 0 bridgehead atoms. The van der Waals surface area contributed by atoms with E-state index in [9.17, 15) is 0 Å². The zero-order chi connectivity index (χ0) is 11.5. The molecule has 0 aliphatic carbocycles. The Hall–Kier alpha value is -1.05. The van der Waals surface area contributed by atoms with Crippen molar-refractivity contribution in [2.24, 2.45) is 0 Å². The van der Waals surface area contributed by atoms with E-state index in [1.54, 1.807) is 0 Å². The molecule has 3 nitrogen and oxygen atoms in total. The van der Waals surface area contributed by atoms with Gasteiger partial charge in [-0.25, -0.2) is 0 Å². The predicted molar refractivity (Wildman–Crippen MR) is 68.7 cm³/mol. The fraction of sp³-hybridized carbons (Fsp3) is 0.417. The Kier molecular flexibility index (Phi) is 3.47. The van der Waals surface area contributed by atoms with Gasteiger partial charge in [-0.05, 0) is 24.6 Å². The number of piperazine rings is 1. The Balaban J connectivity index is 2.38. The van der Waals surface area contributed by atoms with Crippen LogP contribution in [-0.4, -0.2) is 26.2 Å². The van der Waals surface area contributed by atoms with Crippen molar-refractivity contribution in [2.75, 3.05) is 31.1 Å². The van der Waals surface area contributed by atoms with Crippen LogP contribution in [0.5, 0.6) is 0 Å². The number of nitrogens with one attached hydrogen (secondary N) is 1. The van der Waals surface area contributed by atoms with E-state index in [1.165, 1.54) is 0 Å². The highest BCUT2D eigenvalue weighted by Crippen LogP contribution is 2.28. The quantitative estimate of drug-likeness (QED) is 0.855. The van der Waals surface area contributed by atoms with Crippen molar-refractivity contribution < 1.29 is 0 Å². The summed E-state index contributed by atoms with van der Waals surface area (Å²) in [5.74, 6) is 0. The van der Waals surface area contributed by atoms with Gasteiger partial charge in [-0.15, -0.1) is 0 Å². The number of anilines is 1. The second-order valence-electron chi connectivity index (χ2n) is 3.97. The predicted octanol–water partition coefficient (Wildman–Crippen LogP) is 2.04. The maximum atomic E-state index is 9.16. The van der Waals surface area contributed by atoms with Crippen LogP contribution in [0.25, 0.3) is 0 Å². The number of hydrogen-bond donors (Lipinski definition) is 1. The van der Waals surface area contributed by atoms with Gasteiger partial charge >= 0.3 is 0 Å². The summed E-state index contributed by atoms with van der Waals surface area (Å²) in [5, 5.41) is 12.5. The van der Waals surface area contributed by atoms with Gasteiger partial charge in [-0.3, -0.25) is 0 Å². The summed E-state index contributed by atoms with van der Waals surface area (Å²) in [6.45, 7) is 5.90. The van der Waals surface area contributed by atoms with Gasteiger partial charge < -0.3 is 10.2 Å². The smallest absolute Gasteiger partial charge is 0.101 e. The minimum Gasteiger partial charge on any atom is -0.368 e. The van der Waals surface area contributed by atoms with Crippen LogP contribution in [0.4, 0.5) is 5.69 Å². The zero-order valence-electron chi connectivity index (χ0n) is 9.26. The van der Waals surface area contributed by atoms with Crippen molar-refractivity contribution in [3.8, 4) is 6.07 Å². The number of hydrogen-bond acceptors (Lipinski definition) is 3. The molecule has 16 heavy (non-hydrogen) atoms. The molecule has 1 fully saturated rings. The highest BCUT2D eigenvalue weighted by molar-refractivity contribution is 9.10. The molecule has 0 unspecified atom stereocenters. The number of halogens is 1. The molecule has 4 heteroatoms. The normalized spacial score (nSPS) is 15.9. The number of aryl methyl sites for hydroxylation is 1. The van der Waals surface area contributed by atoms with Crippen LogP contribution in [0, 0.1) is 18.3 Å². The van der Waals surface area contributed by atoms with Crippen molar-refractivity contribution in [2.45, 2.75) is 6.92 Å². The van der Waals surface area contributed by atoms with Gasteiger partial charge in [0.25, 0.3) is 0 Å². The fourth-order valence-corrected chi connectivity index (χ4v) is 2.26. The van der Waals surface area contributed by atoms with Crippen LogP contribution in [0.1, 0.15) is 11.1 Å². The minimum atomic E-state index is 0.766. The van der Waals surface area contributed by atoms with E-state index in [0.29, 0.717) is 0 Å². The van der Waals surface area contributed by atoms with E-state index in [2.05, 4.69) is 38.3 Å². The highest BCUT2D eigenvalue weighted by Gasteiger charge is 2.15. The van der Waals surface area contributed by atoms with Gasteiger partial charge in [-0.1, -0.05) is 15.9 Å². The van der Waals surface area contributed by atoms with Crippen molar-refractivity contribution in [3.05, 3.63) is 27.7 Å². The van der Waals surface area contributed by atoms with Crippen LogP contribution < -0.4 is 10.2 Å². The Morgan fingerprint density at radius 2 is 2.06 bits per heavy atom. The van der Waals surface area contributed by atoms with Crippen molar-refractivity contribution in [1.82, 2.24) is 5.32 Å². The topological polar surface area (TPSA) is 39.1 Å². The first-order valence-electron chi connectivity index (χ1n) is 5.38. The highest BCUT2D eigenvalue weighted by atomic mass is 79.9. The largest absolute Gasteiger partial charge is 0.368 e.